The van der Waals surface area contributed by atoms with Gasteiger partial charge in [-0.1, -0.05) is 24.3 Å². The Morgan fingerprint density at radius 2 is 1.35 bits per heavy atom. The van der Waals surface area contributed by atoms with Crippen LogP contribution >= 0.6 is 0 Å². The maximum atomic E-state index is 12.5. The zero-order valence-electron chi connectivity index (χ0n) is 19.1. The van der Waals surface area contributed by atoms with Gasteiger partial charge >= 0.3 is 0 Å². The van der Waals surface area contributed by atoms with E-state index >= 15 is 0 Å². The lowest BCUT2D eigenvalue weighted by atomic mass is 10.2. The van der Waals surface area contributed by atoms with Crippen molar-refractivity contribution in [2.45, 2.75) is 13.8 Å². The molecule has 176 valence electrons. The molecule has 3 aromatic rings. The van der Waals surface area contributed by atoms with Gasteiger partial charge in [0.2, 0.25) is 5.91 Å². The molecule has 3 rings (SSSR count). The molecule has 0 aliphatic heterocycles. The molecule has 0 unspecified atom stereocenters. The summed E-state index contributed by atoms with van der Waals surface area (Å²) < 4.78 is 11.0. The molecule has 8 nitrogen and oxygen atoms in total. The Kier molecular flexibility index (Phi) is 8.62. The summed E-state index contributed by atoms with van der Waals surface area (Å²) >= 11 is 0. The third kappa shape index (κ3) is 6.83. The van der Waals surface area contributed by atoms with Crippen LogP contribution < -0.4 is 25.4 Å². The van der Waals surface area contributed by atoms with E-state index in [2.05, 4.69) is 16.0 Å². The Morgan fingerprint density at radius 3 is 2.06 bits per heavy atom. The molecular weight excluding hydrogens is 434 g/mol. The van der Waals surface area contributed by atoms with Crippen LogP contribution in [0.4, 0.5) is 11.4 Å². The standard InChI is InChI=1S/C26H27N3O5/c1-3-33-22-14-13-19(15-23(22)34-4-2)25(31)27-17-24(30)28-20-11-8-12-21(16-20)29-26(32)18-9-6-5-7-10-18/h5-16H,3-4,17H2,1-2H3,(H,27,31)(H,28,30)(H,29,32). The third-order valence-electron chi connectivity index (χ3n) is 4.66. The minimum absolute atomic E-state index is 0.226. The number of anilines is 2. The fraction of sp³-hybridized carbons (Fsp3) is 0.192. The summed E-state index contributed by atoms with van der Waals surface area (Å²) in [4.78, 5) is 37.2. The van der Waals surface area contributed by atoms with Crippen molar-refractivity contribution in [3.05, 3.63) is 83.9 Å². The average molecular weight is 462 g/mol. The second-order valence-corrected chi connectivity index (χ2v) is 7.16. The van der Waals surface area contributed by atoms with Crippen molar-refractivity contribution in [2.75, 3.05) is 30.4 Å². The Bertz CT molecular complexity index is 1150. The highest BCUT2D eigenvalue weighted by Crippen LogP contribution is 2.28. The first-order valence-electron chi connectivity index (χ1n) is 10.9. The van der Waals surface area contributed by atoms with Crippen molar-refractivity contribution in [1.82, 2.24) is 5.32 Å². The summed E-state index contributed by atoms with van der Waals surface area (Å²) in [6, 6.07) is 20.5. The molecule has 0 aliphatic carbocycles. The minimum Gasteiger partial charge on any atom is -0.490 e. The topological polar surface area (TPSA) is 106 Å². The zero-order chi connectivity index (χ0) is 24.3. The molecule has 0 spiro atoms. The number of carbonyl (C=O) groups excluding carboxylic acids is 3. The molecule has 0 saturated carbocycles. The van der Waals surface area contributed by atoms with E-state index in [1.54, 1.807) is 66.7 Å². The van der Waals surface area contributed by atoms with Gasteiger partial charge in [0.25, 0.3) is 11.8 Å². The van der Waals surface area contributed by atoms with Crippen molar-refractivity contribution < 1.29 is 23.9 Å². The van der Waals surface area contributed by atoms with E-state index in [1.165, 1.54) is 0 Å². The second kappa shape index (κ2) is 12.1. The molecule has 0 radical (unpaired) electrons. The van der Waals surface area contributed by atoms with Crippen LogP contribution in [0.1, 0.15) is 34.6 Å². The van der Waals surface area contributed by atoms with Crippen molar-refractivity contribution in [3.63, 3.8) is 0 Å². The van der Waals surface area contributed by atoms with Gasteiger partial charge in [-0.25, -0.2) is 0 Å². The van der Waals surface area contributed by atoms with Gasteiger partial charge in [0, 0.05) is 22.5 Å². The second-order valence-electron chi connectivity index (χ2n) is 7.16. The predicted molar refractivity (Wildman–Crippen MR) is 131 cm³/mol. The van der Waals surface area contributed by atoms with Crippen LogP contribution in [0.3, 0.4) is 0 Å². The van der Waals surface area contributed by atoms with Gasteiger partial charge in [-0.05, 0) is 62.4 Å². The summed E-state index contributed by atoms with van der Waals surface area (Å²) in [6.45, 7) is 4.38. The van der Waals surface area contributed by atoms with Crippen molar-refractivity contribution in [2.24, 2.45) is 0 Å². The van der Waals surface area contributed by atoms with Crippen LogP contribution in [0.15, 0.2) is 72.8 Å². The number of hydrogen-bond acceptors (Lipinski definition) is 5. The number of nitrogens with one attached hydrogen (secondary N) is 3. The fourth-order valence-corrected chi connectivity index (χ4v) is 3.13. The maximum absolute atomic E-state index is 12.5. The van der Waals surface area contributed by atoms with Gasteiger partial charge in [0.1, 0.15) is 0 Å². The van der Waals surface area contributed by atoms with Crippen molar-refractivity contribution >= 4 is 29.1 Å². The quantitative estimate of drug-likeness (QED) is 0.421. The normalized spacial score (nSPS) is 10.2. The molecule has 0 aliphatic rings. The van der Waals surface area contributed by atoms with E-state index in [0.29, 0.717) is 47.2 Å². The molecular formula is C26H27N3O5. The van der Waals surface area contributed by atoms with Gasteiger partial charge in [0.05, 0.1) is 19.8 Å². The van der Waals surface area contributed by atoms with E-state index in [9.17, 15) is 14.4 Å². The molecule has 0 aromatic heterocycles. The summed E-state index contributed by atoms with van der Waals surface area (Å²) in [5, 5.41) is 8.09. The number of benzene rings is 3. The van der Waals surface area contributed by atoms with Crippen molar-refractivity contribution in [1.29, 1.82) is 0 Å². The summed E-state index contributed by atoms with van der Waals surface area (Å²) in [5.41, 5.74) is 1.91. The molecule has 0 atom stereocenters. The molecule has 34 heavy (non-hydrogen) atoms. The summed E-state index contributed by atoms with van der Waals surface area (Å²) in [5.74, 6) is -0.0503. The van der Waals surface area contributed by atoms with Gasteiger partial charge in [-0.15, -0.1) is 0 Å². The number of ether oxygens (including phenoxy) is 2. The minimum atomic E-state index is -0.414. The molecule has 0 saturated heterocycles. The first-order valence-corrected chi connectivity index (χ1v) is 10.9. The SMILES string of the molecule is CCOc1ccc(C(=O)NCC(=O)Nc2cccc(NC(=O)c3ccccc3)c2)cc1OCC. The third-order valence-corrected chi connectivity index (χ3v) is 4.66. The highest BCUT2D eigenvalue weighted by molar-refractivity contribution is 6.05. The maximum Gasteiger partial charge on any atom is 0.255 e. The molecule has 8 heteroatoms. The van der Waals surface area contributed by atoms with Crippen LogP contribution in [0, 0.1) is 0 Å². The lowest BCUT2D eigenvalue weighted by Gasteiger charge is -2.13. The fourth-order valence-electron chi connectivity index (χ4n) is 3.13. The Labute approximate surface area is 198 Å². The highest BCUT2D eigenvalue weighted by Gasteiger charge is 2.13. The summed E-state index contributed by atoms with van der Waals surface area (Å²) in [6.07, 6.45) is 0. The van der Waals surface area contributed by atoms with E-state index in [4.69, 9.17) is 9.47 Å². The van der Waals surface area contributed by atoms with Crippen LogP contribution in [0.5, 0.6) is 11.5 Å². The lowest BCUT2D eigenvalue weighted by molar-refractivity contribution is -0.115. The Morgan fingerprint density at radius 1 is 0.676 bits per heavy atom. The molecule has 0 heterocycles. The molecule has 3 N–H and O–H groups in total. The average Bonchev–Trinajstić information content (AvgIpc) is 2.84. The van der Waals surface area contributed by atoms with E-state index < -0.39 is 11.8 Å². The largest absolute Gasteiger partial charge is 0.490 e. The van der Waals surface area contributed by atoms with Gasteiger partial charge in [0.15, 0.2) is 11.5 Å². The van der Waals surface area contributed by atoms with Crippen LogP contribution in [-0.4, -0.2) is 37.5 Å². The first kappa shape index (κ1) is 24.3. The van der Waals surface area contributed by atoms with E-state index in [0.717, 1.165) is 0 Å². The highest BCUT2D eigenvalue weighted by atomic mass is 16.5. The van der Waals surface area contributed by atoms with Gasteiger partial charge in [-0.3, -0.25) is 14.4 Å². The van der Waals surface area contributed by atoms with Crippen molar-refractivity contribution in [3.8, 4) is 11.5 Å². The number of hydrogen-bond donors (Lipinski definition) is 3. The molecule has 3 amide bonds. The predicted octanol–water partition coefficient (Wildman–Crippen LogP) is 4.10. The van der Waals surface area contributed by atoms with Crippen LogP contribution in [0.2, 0.25) is 0 Å². The van der Waals surface area contributed by atoms with E-state index in [-0.39, 0.29) is 12.5 Å². The van der Waals surface area contributed by atoms with Crippen LogP contribution in [0.25, 0.3) is 0 Å². The van der Waals surface area contributed by atoms with Gasteiger partial charge in [-0.2, -0.15) is 0 Å². The Balaban J connectivity index is 1.56. The molecule has 0 bridgehead atoms. The lowest BCUT2D eigenvalue weighted by Crippen LogP contribution is -2.32. The smallest absolute Gasteiger partial charge is 0.255 e. The summed E-state index contributed by atoms with van der Waals surface area (Å²) in [7, 11) is 0. The molecule has 0 fully saturated rings. The zero-order valence-corrected chi connectivity index (χ0v) is 19.1. The number of amides is 3. The number of carbonyl (C=O) groups is 3. The molecule has 3 aromatic carbocycles. The number of rotatable bonds is 10. The van der Waals surface area contributed by atoms with E-state index in [1.807, 2.05) is 19.9 Å². The Hall–Kier alpha value is -4.33. The first-order chi connectivity index (χ1) is 16.5. The van der Waals surface area contributed by atoms with Gasteiger partial charge < -0.3 is 25.4 Å². The monoisotopic (exact) mass is 461 g/mol. The van der Waals surface area contributed by atoms with Crippen LogP contribution in [-0.2, 0) is 4.79 Å².